The average molecular weight is 244 g/mol. The zero-order valence-corrected chi connectivity index (χ0v) is 10.2. The van der Waals surface area contributed by atoms with E-state index >= 15 is 0 Å². The molecule has 4 heteroatoms. The summed E-state index contributed by atoms with van der Waals surface area (Å²) in [6, 6.07) is 8.74. The lowest BCUT2D eigenvalue weighted by molar-refractivity contribution is 0.0651. The lowest BCUT2D eigenvalue weighted by Gasteiger charge is -2.31. The molecule has 1 aromatic carbocycles. The van der Waals surface area contributed by atoms with E-state index < -0.39 is 0 Å². The van der Waals surface area contributed by atoms with Gasteiger partial charge in [0.25, 0.3) is 5.91 Å². The number of hydrogen-bond acceptors (Lipinski definition) is 3. The first-order valence-electron chi connectivity index (χ1n) is 6.15. The molecule has 2 rings (SSSR count). The fourth-order valence-corrected chi connectivity index (χ4v) is 2.19. The zero-order chi connectivity index (χ0) is 13.0. The summed E-state index contributed by atoms with van der Waals surface area (Å²) in [7, 11) is 0. The molecule has 1 amide bonds. The topological polar surface area (TPSA) is 64.3 Å². The molecular weight excluding hydrogens is 228 g/mol. The van der Waals surface area contributed by atoms with Crippen molar-refractivity contribution in [2.24, 2.45) is 5.92 Å². The molecule has 1 aromatic rings. The van der Waals surface area contributed by atoms with Crippen molar-refractivity contribution in [2.45, 2.75) is 12.8 Å². The van der Waals surface area contributed by atoms with Crippen LogP contribution in [0.2, 0.25) is 0 Å². The quantitative estimate of drug-likeness (QED) is 0.855. The maximum atomic E-state index is 12.2. The predicted molar refractivity (Wildman–Crippen MR) is 66.9 cm³/mol. The van der Waals surface area contributed by atoms with Crippen LogP contribution in [-0.2, 0) is 0 Å². The van der Waals surface area contributed by atoms with Gasteiger partial charge in [0.2, 0.25) is 0 Å². The van der Waals surface area contributed by atoms with E-state index in [0.717, 1.165) is 12.8 Å². The van der Waals surface area contributed by atoms with E-state index in [1.165, 1.54) is 0 Å². The highest BCUT2D eigenvalue weighted by molar-refractivity contribution is 5.94. The third kappa shape index (κ3) is 2.69. The Kier molecular flexibility index (Phi) is 3.96. The van der Waals surface area contributed by atoms with Gasteiger partial charge < -0.3 is 10.0 Å². The summed E-state index contributed by atoms with van der Waals surface area (Å²) in [6.07, 6.45) is 1.72. The number of carbonyl (C=O) groups is 1. The van der Waals surface area contributed by atoms with Crippen molar-refractivity contribution in [3.63, 3.8) is 0 Å². The Morgan fingerprint density at radius 1 is 1.33 bits per heavy atom. The van der Waals surface area contributed by atoms with Crippen LogP contribution in [0.15, 0.2) is 24.3 Å². The fraction of sp³-hybridized carbons (Fsp3) is 0.429. The van der Waals surface area contributed by atoms with E-state index in [0.29, 0.717) is 30.1 Å². The van der Waals surface area contributed by atoms with Gasteiger partial charge in [-0.1, -0.05) is 0 Å². The van der Waals surface area contributed by atoms with E-state index in [9.17, 15) is 4.79 Å². The number of aliphatic hydroxyl groups excluding tert-OH is 1. The second-order valence-corrected chi connectivity index (χ2v) is 4.61. The van der Waals surface area contributed by atoms with Gasteiger partial charge in [0.15, 0.2) is 0 Å². The monoisotopic (exact) mass is 244 g/mol. The number of nitriles is 1. The Bertz CT molecular complexity index is 454. The van der Waals surface area contributed by atoms with Gasteiger partial charge in [-0.15, -0.1) is 0 Å². The lowest BCUT2D eigenvalue weighted by Crippen LogP contribution is -2.39. The third-order valence-electron chi connectivity index (χ3n) is 3.42. The number of carbonyl (C=O) groups excluding carboxylic acids is 1. The highest BCUT2D eigenvalue weighted by Gasteiger charge is 2.22. The predicted octanol–water partition coefficient (Wildman–Crippen LogP) is 1.40. The summed E-state index contributed by atoms with van der Waals surface area (Å²) in [5.41, 5.74) is 1.18. The number of nitrogens with zero attached hydrogens (tertiary/aromatic N) is 2. The SMILES string of the molecule is N#Cc1ccc(C(=O)N2CCC(CO)CC2)cc1. The molecule has 0 saturated carbocycles. The first-order valence-corrected chi connectivity index (χ1v) is 6.15. The van der Waals surface area contributed by atoms with E-state index in [1.54, 1.807) is 24.3 Å². The standard InChI is InChI=1S/C14H16N2O2/c15-9-11-1-3-13(4-2-11)14(18)16-7-5-12(10-17)6-8-16/h1-4,12,17H,5-8,10H2. The van der Waals surface area contributed by atoms with Crippen LogP contribution in [0.4, 0.5) is 0 Å². The Hall–Kier alpha value is -1.86. The van der Waals surface area contributed by atoms with Crippen molar-refractivity contribution >= 4 is 5.91 Å². The molecule has 0 unspecified atom stereocenters. The summed E-state index contributed by atoms with van der Waals surface area (Å²) in [6.45, 7) is 1.60. The van der Waals surface area contributed by atoms with Crippen molar-refractivity contribution < 1.29 is 9.90 Å². The Labute approximate surface area is 106 Å². The molecule has 1 aliphatic heterocycles. The number of piperidine rings is 1. The average Bonchev–Trinajstić information content (AvgIpc) is 2.47. The van der Waals surface area contributed by atoms with Gasteiger partial charge in [-0.3, -0.25) is 4.79 Å². The molecule has 1 N–H and O–H groups in total. The molecular formula is C14H16N2O2. The number of aliphatic hydroxyl groups is 1. The summed E-state index contributed by atoms with van der Waals surface area (Å²) in [5, 5.41) is 17.8. The molecule has 94 valence electrons. The van der Waals surface area contributed by atoms with E-state index in [2.05, 4.69) is 0 Å². The van der Waals surface area contributed by atoms with Gasteiger partial charge in [-0.05, 0) is 43.0 Å². The number of likely N-dealkylation sites (tertiary alicyclic amines) is 1. The van der Waals surface area contributed by atoms with Crippen LogP contribution in [-0.4, -0.2) is 35.6 Å². The Morgan fingerprint density at radius 2 is 1.94 bits per heavy atom. The number of benzene rings is 1. The van der Waals surface area contributed by atoms with Crippen molar-refractivity contribution in [1.82, 2.24) is 4.90 Å². The summed E-state index contributed by atoms with van der Waals surface area (Å²) in [4.78, 5) is 14.0. The second kappa shape index (κ2) is 5.65. The maximum Gasteiger partial charge on any atom is 0.253 e. The van der Waals surface area contributed by atoms with Crippen LogP contribution in [0.1, 0.15) is 28.8 Å². The Balaban J connectivity index is 2.01. The van der Waals surface area contributed by atoms with Gasteiger partial charge in [0.1, 0.15) is 0 Å². The molecule has 1 heterocycles. The molecule has 0 radical (unpaired) electrons. The smallest absolute Gasteiger partial charge is 0.253 e. The molecule has 0 aliphatic carbocycles. The van der Waals surface area contributed by atoms with Crippen molar-refractivity contribution in [3.8, 4) is 6.07 Å². The number of hydrogen-bond donors (Lipinski definition) is 1. The molecule has 4 nitrogen and oxygen atoms in total. The fourth-order valence-electron chi connectivity index (χ4n) is 2.19. The minimum atomic E-state index is 0.0101. The number of rotatable bonds is 2. The van der Waals surface area contributed by atoms with Gasteiger partial charge in [0.05, 0.1) is 11.6 Å². The lowest BCUT2D eigenvalue weighted by atomic mass is 9.97. The van der Waals surface area contributed by atoms with Crippen LogP contribution in [0.5, 0.6) is 0 Å². The van der Waals surface area contributed by atoms with Crippen LogP contribution < -0.4 is 0 Å². The van der Waals surface area contributed by atoms with Gasteiger partial charge in [-0.2, -0.15) is 5.26 Å². The van der Waals surface area contributed by atoms with E-state index in [1.807, 2.05) is 11.0 Å². The van der Waals surface area contributed by atoms with Crippen molar-refractivity contribution in [3.05, 3.63) is 35.4 Å². The van der Waals surface area contributed by atoms with Gasteiger partial charge in [-0.25, -0.2) is 0 Å². The summed E-state index contributed by atoms with van der Waals surface area (Å²) < 4.78 is 0. The summed E-state index contributed by atoms with van der Waals surface area (Å²) >= 11 is 0. The number of amides is 1. The second-order valence-electron chi connectivity index (χ2n) is 4.61. The first-order chi connectivity index (χ1) is 8.74. The Morgan fingerprint density at radius 3 is 2.44 bits per heavy atom. The van der Waals surface area contributed by atoms with E-state index in [4.69, 9.17) is 10.4 Å². The van der Waals surface area contributed by atoms with Crippen molar-refractivity contribution in [2.75, 3.05) is 19.7 Å². The third-order valence-corrected chi connectivity index (χ3v) is 3.42. The maximum absolute atomic E-state index is 12.2. The molecule has 0 aromatic heterocycles. The largest absolute Gasteiger partial charge is 0.396 e. The first kappa shape index (κ1) is 12.6. The minimum absolute atomic E-state index is 0.0101. The van der Waals surface area contributed by atoms with Gasteiger partial charge in [0, 0.05) is 25.3 Å². The van der Waals surface area contributed by atoms with Crippen molar-refractivity contribution in [1.29, 1.82) is 5.26 Å². The molecule has 1 fully saturated rings. The van der Waals surface area contributed by atoms with Crippen LogP contribution in [0.25, 0.3) is 0 Å². The van der Waals surface area contributed by atoms with Crippen LogP contribution >= 0.6 is 0 Å². The van der Waals surface area contributed by atoms with Gasteiger partial charge >= 0.3 is 0 Å². The summed E-state index contributed by atoms with van der Waals surface area (Å²) in [5.74, 6) is 0.339. The molecule has 1 saturated heterocycles. The zero-order valence-electron chi connectivity index (χ0n) is 10.2. The highest BCUT2D eigenvalue weighted by atomic mass is 16.3. The molecule has 18 heavy (non-hydrogen) atoms. The minimum Gasteiger partial charge on any atom is -0.396 e. The molecule has 0 bridgehead atoms. The molecule has 0 atom stereocenters. The van der Waals surface area contributed by atoms with Crippen LogP contribution in [0, 0.1) is 17.2 Å². The molecule has 0 spiro atoms. The van der Waals surface area contributed by atoms with E-state index in [-0.39, 0.29) is 12.5 Å². The van der Waals surface area contributed by atoms with Crippen LogP contribution in [0.3, 0.4) is 0 Å². The molecule has 1 aliphatic rings. The highest BCUT2D eigenvalue weighted by Crippen LogP contribution is 2.18. The normalized spacial score (nSPS) is 16.3.